The van der Waals surface area contributed by atoms with E-state index in [-0.39, 0.29) is 16.8 Å². The molecule has 0 unspecified atom stereocenters. The predicted octanol–water partition coefficient (Wildman–Crippen LogP) is 4.94. The molecule has 1 amide bonds. The molecule has 28 heavy (non-hydrogen) atoms. The first-order valence-corrected chi connectivity index (χ1v) is 8.04. The molecule has 0 atom stereocenters. The number of aromatic nitrogens is 2. The second kappa shape index (κ2) is 7.06. The quantitative estimate of drug-likeness (QED) is 0.639. The van der Waals surface area contributed by atoms with Crippen molar-refractivity contribution in [2.24, 2.45) is 7.05 Å². The van der Waals surface area contributed by atoms with E-state index < -0.39 is 35.0 Å². The van der Waals surface area contributed by atoms with Crippen LogP contribution in [0.1, 0.15) is 21.6 Å². The molecule has 0 aliphatic rings. The van der Waals surface area contributed by atoms with Crippen molar-refractivity contribution < 1.29 is 26.7 Å². The van der Waals surface area contributed by atoms with Gasteiger partial charge in [-0.25, -0.2) is 8.78 Å². The Morgan fingerprint density at radius 2 is 1.82 bits per heavy atom. The third kappa shape index (κ3) is 3.88. The number of amides is 1. The number of alkyl halides is 3. The fourth-order valence-corrected chi connectivity index (χ4v) is 2.68. The van der Waals surface area contributed by atoms with Crippen molar-refractivity contribution in [1.82, 2.24) is 9.78 Å². The lowest BCUT2D eigenvalue weighted by Gasteiger charge is -2.13. The van der Waals surface area contributed by atoms with E-state index in [4.69, 9.17) is 0 Å². The monoisotopic (exact) mass is 395 g/mol. The number of carbonyl (C=O) groups excluding carboxylic acids is 1. The van der Waals surface area contributed by atoms with Crippen molar-refractivity contribution in [2.75, 3.05) is 5.32 Å². The molecule has 0 saturated carbocycles. The summed E-state index contributed by atoms with van der Waals surface area (Å²) in [6, 6.07) is 7.46. The first-order valence-electron chi connectivity index (χ1n) is 8.04. The van der Waals surface area contributed by atoms with Crippen molar-refractivity contribution in [3.63, 3.8) is 0 Å². The fourth-order valence-electron chi connectivity index (χ4n) is 2.68. The summed E-state index contributed by atoms with van der Waals surface area (Å²) in [6.07, 6.45) is -3.88. The molecule has 4 nitrogen and oxygen atoms in total. The Morgan fingerprint density at radius 1 is 1.11 bits per heavy atom. The van der Waals surface area contributed by atoms with Crippen LogP contribution in [-0.2, 0) is 13.2 Å². The summed E-state index contributed by atoms with van der Waals surface area (Å²) in [6.45, 7) is 1.55. The maximum atomic E-state index is 13.9. The molecule has 0 fully saturated rings. The van der Waals surface area contributed by atoms with E-state index in [0.717, 1.165) is 29.1 Å². The molecule has 0 saturated heterocycles. The highest BCUT2D eigenvalue weighted by Gasteiger charge is 2.39. The molecule has 3 aromatic rings. The zero-order valence-electron chi connectivity index (χ0n) is 14.7. The van der Waals surface area contributed by atoms with Crippen LogP contribution < -0.4 is 5.32 Å². The molecular formula is C19H14F5N3O. The smallest absolute Gasteiger partial charge is 0.321 e. The van der Waals surface area contributed by atoms with Gasteiger partial charge in [-0.05, 0) is 42.3 Å². The fraction of sp³-hybridized carbons (Fsp3) is 0.158. The van der Waals surface area contributed by atoms with Crippen molar-refractivity contribution in [3.8, 4) is 11.1 Å². The van der Waals surface area contributed by atoms with E-state index in [1.165, 1.54) is 25.2 Å². The van der Waals surface area contributed by atoms with Crippen LogP contribution in [0.3, 0.4) is 0 Å². The first-order chi connectivity index (χ1) is 13.1. The molecule has 0 aliphatic carbocycles. The third-order valence-corrected chi connectivity index (χ3v) is 4.05. The van der Waals surface area contributed by atoms with Crippen LogP contribution in [0.4, 0.5) is 27.6 Å². The van der Waals surface area contributed by atoms with Gasteiger partial charge in [0, 0.05) is 24.5 Å². The molecule has 0 spiro atoms. The molecule has 0 aliphatic heterocycles. The van der Waals surface area contributed by atoms with Gasteiger partial charge < -0.3 is 5.32 Å². The van der Waals surface area contributed by atoms with Crippen LogP contribution in [0.25, 0.3) is 11.1 Å². The molecular weight excluding hydrogens is 381 g/mol. The zero-order valence-corrected chi connectivity index (χ0v) is 14.7. The summed E-state index contributed by atoms with van der Waals surface area (Å²) in [5, 5.41) is 5.61. The summed E-state index contributed by atoms with van der Waals surface area (Å²) in [7, 11) is 1.25. The minimum atomic E-state index is -4.82. The van der Waals surface area contributed by atoms with Gasteiger partial charge in [0.1, 0.15) is 11.6 Å². The highest BCUT2D eigenvalue weighted by molar-refractivity contribution is 6.07. The number of rotatable bonds is 3. The van der Waals surface area contributed by atoms with E-state index in [9.17, 15) is 26.7 Å². The van der Waals surface area contributed by atoms with Crippen molar-refractivity contribution in [2.45, 2.75) is 13.1 Å². The number of hydrogen-bond acceptors (Lipinski definition) is 2. The Hall–Kier alpha value is -3.23. The van der Waals surface area contributed by atoms with Crippen molar-refractivity contribution in [3.05, 3.63) is 71.1 Å². The van der Waals surface area contributed by atoms with Gasteiger partial charge in [-0.3, -0.25) is 9.48 Å². The number of nitrogens with one attached hydrogen (secondary N) is 1. The topological polar surface area (TPSA) is 46.9 Å². The summed E-state index contributed by atoms with van der Waals surface area (Å²) in [5.41, 5.74) is -1.22. The van der Waals surface area contributed by atoms with E-state index in [1.54, 1.807) is 6.92 Å². The number of nitrogens with zero attached hydrogens (tertiary/aromatic N) is 2. The number of carbonyl (C=O) groups is 1. The second-order valence-electron chi connectivity index (χ2n) is 6.17. The third-order valence-electron chi connectivity index (χ3n) is 4.05. The number of benzene rings is 2. The Labute approximate surface area is 156 Å². The molecule has 1 N–H and O–H groups in total. The molecule has 1 aromatic heterocycles. The van der Waals surface area contributed by atoms with Gasteiger partial charge in [0.2, 0.25) is 0 Å². The van der Waals surface area contributed by atoms with Crippen LogP contribution in [0.2, 0.25) is 0 Å². The Bertz CT molecular complexity index is 1060. The van der Waals surface area contributed by atoms with Crippen molar-refractivity contribution in [1.29, 1.82) is 0 Å². The van der Waals surface area contributed by atoms with E-state index in [0.29, 0.717) is 5.56 Å². The lowest BCUT2D eigenvalue weighted by Crippen LogP contribution is -2.18. The van der Waals surface area contributed by atoms with Crippen molar-refractivity contribution >= 4 is 11.6 Å². The average molecular weight is 395 g/mol. The van der Waals surface area contributed by atoms with Gasteiger partial charge in [-0.15, -0.1) is 0 Å². The highest BCUT2D eigenvalue weighted by Crippen LogP contribution is 2.33. The van der Waals surface area contributed by atoms with Gasteiger partial charge in [-0.2, -0.15) is 18.3 Å². The summed E-state index contributed by atoms with van der Waals surface area (Å²) < 4.78 is 67.8. The minimum absolute atomic E-state index is 0.0339. The summed E-state index contributed by atoms with van der Waals surface area (Å²) in [4.78, 5) is 12.5. The maximum Gasteiger partial charge on any atom is 0.435 e. The molecule has 0 bridgehead atoms. The standard InChI is InChI=1S/C19H14F5N3O/c1-10-3-4-11(7-15(10)21)13-8-12(20)5-6-16(13)25-18(28)14-9-27(2)26-17(14)19(22,23)24/h3-9H,1-2H3,(H,25,28). The number of anilines is 1. The predicted molar refractivity (Wildman–Crippen MR) is 92.7 cm³/mol. The Kier molecular flexibility index (Phi) is 4.93. The highest BCUT2D eigenvalue weighted by atomic mass is 19.4. The zero-order chi connectivity index (χ0) is 20.6. The first kappa shape index (κ1) is 19.5. The molecule has 9 heteroatoms. The molecule has 0 radical (unpaired) electrons. The van der Waals surface area contributed by atoms with Crippen LogP contribution in [0.15, 0.2) is 42.6 Å². The average Bonchev–Trinajstić information content (AvgIpc) is 3.01. The lowest BCUT2D eigenvalue weighted by molar-refractivity contribution is -0.141. The molecule has 2 aromatic carbocycles. The molecule has 146 valence electrons. The minimum Gasteiger partial charge on any atom is -0.321 e. The second-order valence-corrected chi connectivity index (χ2v) is 6.17. The molecule has 1 heterocycles. The summed E-state index contributed by atoms with van der Waals surface area (Å²) in [5.74, 6) is -2.25. The largest absolute Gasteiger partial charge is 0.435 e. The Morgan fingerprint density at radius 3 is 2.46 bits per heavy atom. The van der Waals surface area contributed by atoms with E-state index in [1.807, 2.05) is 0 Å². The number of halogens is 5. The maximum absolute atomic E-state index is 13.9. The van der Waals surface area contributed by atoms with Gasteiger partial charge in [0.15, 0.2) is 5.69 Å². The van der Waals surface area contributed by atoms with Crippen LogP contribution in [0, 0.1) is 18.6 Å². The van der Waals surface area contributed by atoms with E-state index in [2.05, 4.69) is 10.4 Å². The van der Waals surface area contributed by atoms with Gasteiger partial charge in [0.25, 0.3) is 5.91 Å². The van der Waals surface area contributed by atoms with Gasteiger partial charge in [0.05, 0.1) is 5.56 Å². The SMILES string of the molecule is Cc1ccc(-c2cc(F)ccc2NC(=O)c2cn(C)nc2C(F)(F)F)cc1F. The van der Waals surface area contributed by atoms with Gasteiger partial charge in [-0.1, -0.05) is 12.1 Å². The van der Waals surface area contributed by atoms with E-state index >= 15 is 0 Å². The summed E-state index contributed by atoms with van der Waals surface area (Å²) >= 11 is 0. The van der Waals surface area contributed by atoms with Crippen LogP contribution in [0.5, 0.6) is 0 Å². The number of hydrogen-bond donors (Lipinski definition) is 1. The van der Waals surface area contributed by atoms with Crippen LogP contribution in [-0.4, -0.2) is 15.7 Å². The normalized spacial score (nSPS) is 11.5. The Balaban J connectivity index is 2.02. The van der Waals surface area contributed by atoms with Crippen LogP contribution >= 0.6 is 0 Å². The molecule has 3 rings (SSSR count). The lowest BCUT2D eigenvalue weighted by atomic mass is 10.0. The number of aryl methyl sites for hydroxylation is 2. The van der Waals surface area contributed by atoms with Gasteiger partial charge >= 0.3 is 6.18 Å².